The van der Waals surface area contributed by atoms with Crippen molar-refractivity contribution < 1.29 is 10.2 Å². The zero-order valence-electron chi connectivity index (χ0n) is 7.58. The molecule has 0 spiro atoms. The minimum Gasteiger partial charge on any atom is -0.504 e. The van der Waals surface area contributed by atoms with E-state index in [0.717, 1.165) is 24.8 Å². The van der Waals surface area contributed by atoms with Gasteiger partial charge in [-0.05, 0) is 37.3 Å². The van der Waals surface area contributed by atoms with E-state index >= 15 is 0 Å². The van der Waals surface area contributed by atoms with Gasteiger partial charge in [-0.3, -0.25) is 0 Å². The van der Waals surface area contributed by atoms with Gasteiger partial charge >= 0.3 is 0 Å². The minimum absolute atomic E-state index is 0.0145. The molecule has 0 amide bonds. The molecule has 2 nitrogen and oxygen atoms in total. The van der Waals surface area contributed by atoms with Gasteiger partial charge < -0.3 is 10.2 Å². The second-order valence-corrected chi connectivity index (χ2v) is 3.63. The molecule has 0 unspecified atom stereocenters. The standard InChI is InChI=1S/C11H14O2/c12-10-7-6-8-4-2-1-3-5-9(8)11(10)13/h6-7,12-13H,1-5H2. The van der Waals surface area contributed by atoms with Gasteiger partial charge in [0.2, 0.25) is 0 Å². The molecule has 2 rings (SSSR count). The first kappa shape index (κ1) is 8.42. The normalized spacial score (nSPS) is 16.3. The monoisotopic (exact) mass is 178 g/mol. The van der Waals surface area contributed by atoms with Crippen molar-refractivity contribution in [2.75, 3.05) is 0 Å². The summed E-state index contributed by atoms with van der Waals surface area (Å²) in [5, 5.41) is 18.9. The molecule has 1 aromatic rings. The van der Waals surface area contributed by atoms with Gasteiger partial charge in [-0.15, -0.1) is 0 Å². The Kier molecular flexibility index (Phi) is 2.13. The summed E-state index contributed by atoms with van der Waals surface area (Å²) in [6, 6.07) is 3.51. The van der Waals surface area contributed by atoms with Crippen molar-refractivity contribution in [2.24, 2.45) is 0 Å². The van der Waals surface area contributed by atoms with Crippen LogP contribution in [0.15, 0.2) is 12.1 Å². The fraction of sp³-hybridized carbons (Fsp3) is 0.455. The molecule has 0 atom stereocenters. The average Bonchev–Trinajstić information content (AvgIpc) is 2.36. The molecule has 0 heterocycles. The number of fused-ring (bicyclic) bond motifs is 1. The maximum absolute atomic E-state index is 9.62. The van der Waals surface area contributed by atoms with Crippen molar-refractivity contribution in [2.45, 2.75) is 32.1 Å². The lowest BCUT2D eigenvalue weighted by Gasteiger charge is -2.08. The van der Waals surface area contributed by atoms with E-state index in [-0.39, 0.29) is 11.5 Å². The van der Waals surface area contributed by atoms with Gasteiger partial charge in [-0.2, -0.15) is 0 Å². The third-order valence-electron chi connectivity index (χ3n) is 2.73. The highest BCUT2D eigenvalue weighted by molar-refractivity contribution is 5.49. The molecule has 0 bridgehead atoms. The van der Waals surface area contributed by atoms with Gasteiger partial charge in [0.1, 0.15) is 0 Å². The van der Waals surface area contributed by atoms with Crippen LogP contribution >= 0.6 is 0 Å². The summed E-state index contributed by atoms with van der Waals surface area (Å²) in [7, 11) is 0. The fourth-order valence-electron chi connectivity index (χ4n) is 1.97. The summed E-state index contributed by atoms with van der Waals surface area (Å²) in [6.45, 7) is 0. The molecule has 1 aliphatic carbocycles. The molecule has 2 heteroatoms. The van der Waals surface area contributed by atoms with Crippen molar-refractivity contribution in [3.63, 3.8) is 0 Å². The van der Waals surface area contributed by atoms with E-state index in [9.17, 15) is 10.2 Å². The molecule has 1 aliphatic rings. The number of hydrogen-bond donors (Lipinski definition) is 2. The minimum atomic E-state index is 0.0145. The number of phenolic OH excluding ortho intramolecular Hbond substituents is 2. The zero-order chi connectivity index (χ0) is 9.26. The molecular formula is C11H14O2. The lowest BCUT2D eigenvalue weighted by atomic mass is 10.0. The molecule has 0 saturated heterocycles. The summed E-state index contributed by atoms with van der Waals surface area (Å²) in [6.07, 6.45) is 5.45. The third-order valence-corrected chi connectivity index (χ3v) is 2.73. The number of phenols is 2. The van der Waals surface area contributed by atoms with Crippen LogP contribution in [0.4, 0.5) is 0 Å². The summed E-state index contributed by atoms with van der Waals surface area (Å²) < 4.78 is 0. The Bertz CT molecular complexity index is 318. The molecule has 13 heavy (non-hydrogen) atoms. The second-order valence-electron chi connectivity index (χ2n) is 3.63. The van der Waals surface area contributed by atoms with Crippen LogP contribution in [0.1, 0.15) is 30.4 Å². The van der Waals surface area contributed by atoms with Gasteiger partial charge in [0.25, 0.3) is 0 Å². The van der Waals surface area contributed by atoms with E-state index in [0.29, 0.717) is 0 Å². The predicted octanol–water partition coefficient (Wildman–Crippen LogP) is 2.37. The van der Waals surface area contributed by atoms with Crippen LogP contribution in [0.2, 0.25) is 0 Å². The van der Waals surface area contributed by atoms with Crippen LogP contribution in [-0.2, 0) is 12.8 Å². The topological polar surface area (TPSA) is 40.5 Å². The molecule has 0 aliphatic heterocycles. The average molecular weight is 178 g/mol. The van der Waals surface area contributed by atoms with Crippen LogP contribution in [0.5, 0.6) is 11.5 Å². The zero-order valence-corrected chi connectivity index (χ0v) is 7.58. The second kappa shape index (κ2) is 3.29. The van der Waals surface area contributed by atoms with Crippen LogP contribution in [0.3, 0.4) is 0 Å². The lowest BCUT2D eigenvalue weighted by molar-refractivity contribution is 0.398. The van der Waals surface area contributed by atoms with Gasteiger partial charge in [0.15, 0.2) is 11.5 Å². The number of rotatable bonds is 0. The number of hydrogen-bond acceptors (Lipinski definition) is 2. The highest BCUT2D eigenvalue weighted by Crippen LogP contribution is 2.34. The predicted molar refractivity (Wildman–Crippen MR) is 51.0 cm³/mol. The molecule has 0 saturated carbocycles. The highest BCUT2D eigenvalue weighted by Gasteiger charge is 2.13. The van der Waals surface area contributed by atoms with Crippen molar-refractivity contribution in [1.29, 1.82) is 0 Å². The first-order valence-corrected chi connectivity index (χ1v) is 4.82. The van der Waals surface area contributed by atoms with Gasteiger partial charge in [0.05, 0.1) is 0 Å². The Balaban J connectivity index is 2.48. The van der Waals surface area contributed by atoms with E-state index < -0.39 is 0 Å². The molecule has 1 aromatic carbocycles. The van der Waals surface area contributed by atoms with Crippen molar-refractivity contribution >= 4 is 0 Å². The molecule has 2 N–H and O–H groups in total. The first-order valence-electron chi connectivity index (χ1n) is 4.82. The van der Waals surface area contributed by atoms with Crippen LogP contribution in [0, 0.1) is 0 Å². The molecule has 0 fully saturated rings. The number of aryl methyl sites for hydroxylation is 1. The Morgan fingerprint density at radius 3 is 2.54 bits per heavy atom. The van der Waals surface area contributed by atoms with Gasteiger partial charge in [-0.1, -0.05) is 12.5 Å². The first-order chi connectivity index (χ1) is 6.29. The molecule has 70 valence electrons. The van der Waals surface area contributed by atoms with Gasteiger partial charge in [-0.25, -0.2) is 0 Å². The molecular weight excluding hydrogens is 164 g/mol. The van der Waals surface area contributed by atoms with Crippen molar-refractivity contribution in [1.82, 2.24) is 0 Å². The molecule has 0 aromatic heterocycles. The largest absolute Gasteiger partial charge is 0.504 e. The third kappa shape index (κ3) is 1.48. The Hall–Kier alpha value is -1.18. The van der Waals surface area contributed by atoms with E-state index in [1.54, 1.807) is 6.07 Å². The van der Waals surface area contributed by atoms with E-state index in [2.05, 4.69) is 0 Å². The maximum Gasteiger partial charge on any atom is 0.160 e. The van der Waals surface area contributed by atoms with E-state index in [1.165, 1.54) is 18.4 Å². The van der Waals surface area contributed by atoms with Crippen LogP contribution in [0.25, 0.3) is 0 Å². The summed E-state index contributed by atoms with van der Waals surface area (Å²) >= 11 is 0. The van der Waals surface area contributed by atoms with Crippen molar-refractivity contribution in [3.05, 3.63) is 23.3 Å². The van der Waals surface area contributed by atoms with Crippen molar-refractivity contribution in [3.8, 4) is 11.5 Å². The van der Waals surface area contributed by atoms with E-state index in [1.807, 2.05) is 6.07 Å². The Morgan fingerprint density at radius 1 is 0.923 bits per heavy atom. The fourth-order valence-corrected chi connectivity index (χ4v) is 1.97. The number of aromatic hydroxyl groups is 2. The Labute approximate surface area is 77.8 Å². The van der Waals surface area contributed by atoms with E-state index in [4.69, 9.17) is 0 Å². The summed E-state index contributed by atoms with van der Waals surface area (Å²) in [5.74, 6) is 0.111. The SMILES string of the molecule is Oc1ccc2c(c1O)CCCCC2. The summed E-state index contributed by atoms with van der Waals surface area (Å²) in [5.41, 5.74) is 2.16. The number of benzene rings is 1. The summed E-state index contributed by atoms with van der Waals surface area (Å²) in [4.78, 5) is 0. The molecule has 0 radical (unpaired) electrons. The van der Waals surface area contributed by atoms with Gasteiger partial charge in [0, 0.05) is 5.56 Å². The smallest absolute Gasteiger partial charge is 0.160 e. The Morgan fingerprint density at radius 2 is 1.69 bits per heavy atom. The quantitative estimate of drug-likeness (QED) is 0.473. The highest BCUT2D eigenvalue weighted by atomic mass is 16.3. The van der Waals surface area contributed by atoms with Crippen LogP contribution in [-0.4, -0.2) is 10.2 Å². The van der Waals surface area contributed by atoms with Crippen LogP contribution < -0.4 is 0 Å². The maximum atomic E-state index is 9.62. The lowest BCUT2D eigenvalue weighted by Crippen LogP contribution is -1.91.